The van der Waals surface area contributed by atoms with Crippen LogP contribution in [0, 0.1) is 16.2 Å². The Morgan fingerprint density at radius 1 is 0.630 bits per heavy atom. The maximum atomic E-state index is 15.0. The van der Waals surface area contributed by atoms with Crippen LogP contribution in [0.4, 0.5) is 0 Å². The van der Waals surface area contributed by atoms with Gasteiger partial charge in [0.25, 0.3) is 0 Å². The number of hydrogen-bond donors (Lipinski definition) is 3. The third kappa shape index (κ3) is 9.96. The predicted octanol–water partition coefficient (Wildman–Crippen LogP) is 6.81. The number of benzene rings is 2. The van der Waals surface area contributed by atoms with Gasteiger partial charge in [0, 0.05) is 23.3 Å². The van der Waals surface area contributed by atoms with E-state index in [2.05, 4.69) is 0 Å². The Kier molecular flexibility index (Phi) is 13.4. The molecular formula is C42H59N3O9. The summed E-state index contributed by atoms with van der Waals surface area (Å²) < 4.78 is 30.1. The van der Waals surface area contributed by atoms with Crippen molar-refractivity contribution in [2.45, 2.75) is 121 Å². The zero-order chi connectivity index (χ0) is 41.2. The molecule has 3 atom stereocenters. The topological polar surface area (TPSA) is 196 Å². The first-order valence-electron chi connectivity index (χ1n) is 18.0. The minimum absolute atomic E-state index is 0.0138. The number of nitrogens with two attached hydrogens (primary N) is 3. The summed E-state index contributed by atoms with van der Waals surface area (Å²) in [5, 5.41) is 0.0101. The van der Waals surface area contributed by atoms with Crippen LogP contribution in [0.15, 0.2) is 44.6 Å². The maximum Gasteiger partial charge on any atom is 0.328 e. The van der Waals surface area contributed by atoms with Gasteiger partial charge in [0.1, 0.15) is 40.4 Å². The van der Waals surface area contributed by atoms with Crippen molar-refractivity contribution in [3.8, 4) is 23.0 Å². The zero-order valence-corrected chi connectivity index (χ0v) is 34.4. The Morgan fingerprint density at radius 2 is 1.02 bits per heavy atom. The molecule has 1 heterocycles. The van der Waals surface area contributed by atoms with E-state index in [0.717, 1.165) is 11.1 Å². The molecule has 0 fully saturated rings. The van der Waals surface area contributed by atoms with Gasteiger partial charge in [0.2, 0.25) is 5.43 Å². The fourth-order valence-corrected chi connectivity index (χ4v) is 5.26. The van der Waals surface area contributed by atoms with Gasteiger partial charge in [-0.15, -0.1) is 0 Å². The lowest BCUT2D eigenvalue weighted by molar-refractivity contribution is -0.139. The molecule has 0 bridgehead atoms. The summed E-state index contributed by atoms with van der Waals surface area (Å²) in [7, 11) is 1.40. The second-order valence-electron chi connectivity index (χ2n) is 17.5. The minimum atomic E-state index is -1.10. The summed E-state index contributed by atoms with van der Waals surface area (Å²) in [5.74, 6) is -2.35. The summed E-state index contributed by atoms with van der Waals surface area (Å²) in [6.07, 6.45) is 4.02. The smallest absolute Gasteiger partial charge is 0.328 e. The SMILES string of the molecule is COc1c(OC(=O)[C@H](N)C(C)(C)C)cc2oc3cc(OC(=O)[C@H](N)C(C)(C)C)c(CC=C(C)C)c(OC(=O)[C@H](N)C(C)(C)C)c3c(=O)c2c1CC=C(C)C. The average molecular weight is 750 g/mol. The Hall–Kier alpha value is -4.52. The summed E-state index contributed by atoms with van der Waals surface area (Å²) in [6, 6.07) is -0.333. The first kappa shape index (κ1) is 43.9. The van der Waals surface area contributed by atoms with Gasteiger partial charge < -0.3 is 40.6 Å². The first-order chi connectivity index (χ1) is 24.7. The van der Waals surface area contributed by atoms with Gasteiger partial charge in [0.15, 0.2) is 17.2 Å². The molecule has 6 N–H and O–H groups in total. The van der Waals surface area contributed by atoms with Gasteiger partial charge in [-0.25, -0.2) is 14.4 Å². The van der Waals surface area contributed by atoms with E-state index in [-0.39, 0.29) is 63.3 Å². The highest BCUT2D eigenvalue weighted by atomic mass is 16.6. The van der Waals surface area contributed by atoms with Crippen molar-refractivity contribution in [2.24, 2.45) is 33.4 Å². The minimum Gasteiger partial charge on any atom is -0.493 e. The number of methoxy groups -OCH3 is 1. The van der Waals surface area contributed by atoms with Crippen molar-refractivity contribution < 1.29 is 37.7 Å². The molecule has 3 rings (SSSR count). The molecule has 296 valence electrons. The number of carbonyl (C=O) groups excluding carboxylic acids is 3. The Balaban J connectivity index is 2.61. The van der Waals surface area contributed by atoms with E-state index in [1.165, 1.54) is 19.2 Å². The van der Waals surface area contributed by atoms with E-state index in [1.54, 1.807) is 41.5 Å². The highest BCUT2D eigenvalue weighted by molar-refractivity contribution is 6.00. The standard InChI is InChI=1S/C42H59N3O9/c1-21(2)15-17-23-25(52-37(47)34(43)40(5,6)7)19-27-30(33(23)54-39(49)36(45)42(11,12)13)31(46)29-24(18-16-22(3)4)32(50-14)28(20-26(29)51-27)53-38(48)35(44)41(8,9)10/h15-16,19-20,34-36H,17-18,43-45H2,1-14H3/t34-,35-,36-/m0/s1. The van der Waals surface area contributed by atoms with Gasteiger partial charge in [-0.3, -0.25) is 4.79 Å². The second kappa shape index (κ2) is 16.5. The number of rotatable bonds is 11. The molecule has 2 aromatic carbocycles. The Bertz CT molecular complexity index is 2050. The molecule has 12 heteroatoms. The molecule has 54 heavy (non-hydrogen) atoms. The second-order valence-corrected chi connectivity index (χ2v) is 17.5. The lowest BCUT2D eigenvalue weighted by Crippen LogP contribution is -2.45. The van der Waals surface area contributed by atoms with Crippen molar-refractivity contribution in [3.05, 3.63) is 56.8 Å². The molecule has 0 spiro atoms. The van der Waals surface area contributed by atoms with Crippen molar-refractivity contribution in [1.29, 1.82) is 0 Å². The number of hydrogen-bond acceptors (Lipinski definition) is 12. The van der Waals surface area contributed by atoms with Crippen molar-refractivity contribution in [2.75, 3.05) is 7.11 Å². The lowest BCUT2D eigenvalue weighted by Gasteiger charge is -2.27. The summed E-state index contributed by atoms with van der Waals surface area (Å²) in [4.78, 5) is 55.5. The number of allylic oxidation sites excluding steroid dienone is 4. The van der Waals surface area contributed by atoms with E-state index < -0.39 is 57.7 Å². The van der Waals surface area contributed by atoms with Gasteiger partial charge >= 0.3 is 17.9 Å². The molecular weight excluding hydrogens is 690 g/mol. The van der Waals surface area contributed by atoms with Crippen LogP contribution in [0.2, 0.25) is 0 Å². The molecule has 0 amide bonds. The fourth-order valence-electron chi connectivity index (χ4n) is 5.26. The van der Waals surface area contributed by atoms with E-state index in [1.807, 2.05) is 60.6 Å². The van der Waals surface area contributed by atoms with E-state index >= 15 is 0 Å². The zero-order valence-electron chi connectivity index (χ0n) is 34.4. The summed E-state index contributed by atoms with van der Waals surface area (Å²) in [6.45, 7) is 23.8. The molecule has 3 aromatic rings. The average Bonchev–Trinajstić information content (AvgIpc) is 3.03. The molecule has 0 saturated heterocycles. The largest absolute Gasteiger partial charge is 0.493 e. The normalized spacial score (nSPS) is 13.9. The third-order valence-corrected chi connectivity index (χ3v) is 9.11. The summed E-state index contributed by atoms with van der Waals surface area (Å²) >= 11 is 0. The van der Waals surface area contributed by atoms with Gasteiger partial charge in [0.05, 0.1) is 12.5 Å². The van der Waals surface area contributed by atoms with Crippen molar-refractivity contribution >= 4 is 39.8 Å². The molecule has 0 radical (unpaired) electrons. The lowest BCUT2D eigenvalue weighted by atomic mass is 9.87. The highest BCUT2D eigenvalue weighted by Gasteiger charge is 2.35. The van der Waals surface area contributed by atoms with Crippen LogP contribution in [0.1, 0.15) is 101 Å². The van der Waals surface area contributed by atoms with Crippen LogP contribution >= 0.6 is 0 Å². The predicted molar refractivity (Wildman–Crippen MR) is 212 cm³/mol. The monoisotopic (exact) mass is 749 g/mol. The van der Waals surface area contributed by atoms with Crippen LogP contribution in [0.3, 0.4) is 0 Å². The van der Waals surface area contributed by atoms with E-state index in [9.17, 15) is 19.2 Å². The molecule has 0 aliphatic heterocycles. The van der Waals surface area contributed by atoms with Crippen LogP contribution in [0.25, 0.3) is 21.9 Å². The molecule has 0 aliphatic carbocycles. The fraction of sp³-hybridized carbons (Fsp3) is 0.524. The molecule has 0 unspecified atom stereocenters. The van der Waals surface area contributed by atoms with Crippen molar-refractivity contribution in [1.82, 2.24) is 0 Å². The van der Waals surface area contributed by atoms with E-state index in [0.29, 0.717) is 5.56 Å². The first-order valence-corrected chi connectivity index (χ1v) is 18.0. The molecule has 0 saturated carbocycles. The quantitative estimate of drug-likeness (QED) is 0.0803. The third-order valence-electron chi connectivity index (χ3n) is 9.11. The number of fused-ring (bicyclic) bond motifs is 2. The van der Waals surface area contributed by atoms with Crippen LogP contribution in [0.5, 0.6) is 23.0 Å². The van der Waals surface area contributed by atoms with Crippen LogP contribution in [-0.4, -0.2) is 43.1 Å². The highest BCUT2D eigenvalue weighted by Crippen LogP contribution is 2.43. The Labute approximate surface area is 318 Å². The van der Waals surface area contributed by atoms with Gasteiger partial charge in [-0.1, -0.05) is 85.6 Å². The van der Waals surface area contributed by atoms with Gasteiger partial charge in [-0.05, 0) is 56.8 Å². The van der Waals surface area contributed by atoms with Crippen LogP contribution < -0.4 is 41.6 Å². The number of carbonyl (C=O) groups is 3. The maximum absolute atomic E-state index is 15.0. The van der Waals surface area contributed by atoms with Crippen molar-refractivity contribution in [3.63, 3.8) is 0 Å². The van der Waals surface area contributed by atoms with Crippen LogP contribution in [-0.2, 0) is 27.2 Å². The Morgan fingerprint density at radius 3 is 1.44 bits per heavy atom. The van der Waals surface area contributed by atoms with E-state index in [4.69, 9.17) is 40.6 Å². The summed E-state index contributed by atoms with van der Waals surface area (Å²) in [5.41, 5.74) is 18.8. The number of ether oxygens (including phenoxy) is 4. The molecule has 1 aromatic heterocycles. The van der Waals surface area contributed by atoms with Gasteiger partial charge in [-0.2, -0.15) is 0 Å². The molecule has 0 aliphatic rings. The number of esters is 3. The molecule has 12 nitrogen and oxygen atoms in total.